The number of rotatable bonds is 5. The highest BCUT2D eigenvalue weighted by Gasteiger charge is 2.29. The zero-order chi connectivity index (χ0) is 10.4. The van der Waals surface area contributed by atoms with Gasteiger partial charge in [-0.05, 0) is 19.8 Å². The van der Waals surface area contributed by atoms with Crippen LogP contribution in [0.5, 0.6) is 0 Å². The maximum Gasteiger partial charge on any atom is 0.316 e. The molecular weight excluding hydrogens is 168 g/mol. The SMILES string of the molecule is CCOC(=O)[C@@H](C(C)=O)[C@@H](C)CC. The van der Waals surface area contributed by atoms with Crippen LogP contribution in [0.4, 0.5) is 0 Å². The fourth-order valence-electron chi connectivity index (χ4n) is 1.27. The molecule has 0 heterocycles. The molecule has 3 nitrogen and oxygen atoms in total. The van der Waals surface area contributed by atoms with Crippen molar-refractivity contribution in [2.45, 2.75) is 34.1 Å². The molecule has 0 N–H and O–H groups in total. The number of carbonyl (C=O) groups is 2. The van der Waals surface area contributed by atoms with E-state index in [1.807, 2.05) is 13.8 Å². The lowest BCUT2D eigenvalue weighted by Gasteiger charge is -2.17. The minimum atomic E-state index is -0.579. The van der Waals surface area contributed by atoms with Crippen LogP contribution >= 0.6 is 0 Å². The highest BCUT2D eigenvalue weighted by molar-refractivity contribution is 5.97. The van der Waals surface area contributed by atoms with Gasteiger partial charge < -0.3 is 4.74 Å². The third-order valence-electron chi connectivity index (χ3n) is 2.19. The van der Waals surface area contributed by atoms with Crippen molar-refractivity contribution in [3.05, 3.63) is 0 Å². The first-order valence-corrected chi connectivity index (χ1v) is 4.71. The molecule has 0 aliphatic carbocycles. The van der Waals surface area contributed by atoms with Crippen LogP contribution in [-0.2, 0) is 14.3 Å². The number of ketones is 1. The van der Waals surface area contributed by atoms with Gasteiger partial charge in [-0.15, -0.1) is 0 Å². The van der Waals surface area contributed by atoms with Gasteiger partial charge in [0.1, 0.15) is 11.7 Å². The van der Waals surface area contributed by atoms with Crippen LogP contribution in [0.2, 0.25) is 0 Å². The summed E-state index contributed by atoms with van der Waals surface area (Å²) >= 11 is 0. The van der Waals surface area contributed by atoms with Crippen molar-refractivity contribution in [1.29, 1.82) is 0 Å². The van der Waals surface area contributed by atoms with Crippen molar-refractivity contribution < 1.29 is 14.3 Å². The van der Waals surface area contributed by atoms with Gasteiger partial charge >= 0.3 is 5.97 Å². The average molecular weight is 186 g/mol. The number of hydrogen-bond acceptors (Lipinski definition) is 3. The fraction of sp³-hybridized carbons (Fsp3) is 0.800. The smallest absolute Gasteiger partial charge is 0.316 e. The number of esters is 1. The second kappa shape index (κ2) is 5.73. The molecule has 0 fully saturated rings. The third-order valence-corrected chi connectivity index (χ3v) is 2.19. The van der Waals surface area contributed by atoms with Crippen LogP contribution in [-0.4, -0.2) is 18.4 Å². The molecule has 0 aliphatic rings. The first-order valence-electron chi connectivity index (χ1n) is 4.71. The van der Waals surface area contributed by atoms with E-state index in [2.05, 4.69) is 0 Å². The second-order valence-electron chi connectivity index (χ2n) is 3.23. The molecule has 13 heavy (non-hydrogen) atoms. The van der Waals surface area contributed by atoms with Crippen molar-refractivity contribution in [3.63, 3.8) is 0 Å². The molecule has 0 aromatic carbocycles. The van der Waals surface area contributed by atoms with Crippen LogP contribution < -0.4 is 0 Å². The van der Waals surface area contributed by atoms with Crippen molar-refractivity contribution in [2.24, 2.45) is 11.8 Å². The van der Waals surface area contributed by atoms with Crippen molar-refractivity contribution in [3.8, 4) is 0 Å². The molecule has 0 spiro atoms. The summed E-state index contributed by atoms with van der Waals surface area (Å²) in [5, 5.41) is 0. The van der Waals surface area contributed by atoms with E-state index in [4.69, 9.17) is 4.74 Å². The molecule has 0 unspecified atom stereocenters. The maximum atomic E-state index is 11.3. The van der Waals surface area contributed by atoms with Crippen molar-refractivity contribution >= 4 is 11.8 Å². The molecule has 0 bridgehead atoms. The molecule has 76 valence electrons. The quantitative estimate of drug-likeness (QED) is 0.485. The molecule has 0 amide bonds. The van der Waals surface area contributed by atoms with Gasteiger partial charge in [-0.25, -0.2) is 0 Å². The van der Waals surface area contributed by atoms with Gasteiger partial charge in [-0.3, -0.25) is 9.59 Å². The summed E-state index contributed by atoms with van der Waals surface area (Å²) in [5.74, 6) is -1.00. The van der Waals surface area contributed by atoms with E-state index in [0.29, 0.717) is 6.61 Å². The van der Waals surface area contributed by atoms with E-state index in [1.54, 1.807) is 6.92 Å². The van der Waals surface area contributed by atoms with Crippen LogP contribution in [0.1, 0.15) is 34.1 Å². The zero-order valence-electron chi connectivity index (χ0n) is 8.79. The Labute approximate surface area is 79.5 Å². The fourth-order valence-corrected chi connectivity index (χ4v) is 1.27. The number of carbonyl (C=O) groups excluding carboxylic acids is 2. The highest BCUT2D eigenvalue weighted by Crippen LogP contribution is 2.17. The van der Waals surface area contributed by atoms with Gasteiger partial charge in [-0.1, -0.05) is 20.3 Å². The predicted octanol–water partition coefficient (Wildman–Crippen LogP) is 1.80. The molecule has 0 aromatic rings. The van der Waals surface area contributed by atoms with E-state index < -0.39 is 5.92 Å². The first-order chi connectivity index (χ1) is 6.04. The Morgan fingerprint density at radius 2 is 1.85 bits per heavy atom. The minimum absolute atomic E-state index is 0.0662. The Morgan fingerprint density at radius 3 is 2.15 bits per heavy atom. The van der Waals surface area contributed by atoms with Crippen LogP contribution in [0.25, 0.3) is 0 Å². The van der Waals surface area contributed by atoms with E-state index in [-0.39, 0.29) is 17.7 Å². The predicted molar refractivity (Wildman–Crippen MR) is 50.3 cm³/mol. The normalized spacial score (nSPS) is 14.8. The monoisotopic (exact) mass is 186 g/mol. The summed E-state index contributed by atoms with van der Waals surface area (Å²) in [5.41, 5.74) is 0. The van der Waals surface area contributed by atoms with E-state index in [9.17, 15) is 9.59 Å². The largest absolute Gasteiger partial charge is 0.465 e. The van der Waals surface area contributed by atoms with E-state index in [0.717, 1.165) is 6.42 Å². The standard InChI is InChI=1S/C10H18O3/c1-5-7(3)9(8(4)11)10(12)13-6-2/h7,9H,5-6H2,1-4H3/t7-,9+/m0/s1. The van der Waals surface area contributed by atoms with E-state index in [1.165, 1.54) is 6.92 Å². The van der Waals surface area contributed by atoms with Gasteiger partial charge in [-0.2, -0.15) is 0 Å². The van der Waals surface area contributed by atoms with Crippen molar-refractivity contribution in [1.82, 2.24) is 0 Å². The Bertz CT molecular complexity index is 187. The Kier molecular flexibility index (Phi) is 5.35. The summed E-state index contributed by atoms with van der Waals surface area (Å²) < 4.78 is 4.83. The number of hydrogen-bond donors (Lipinski definition) is 0. The minimum Gasteiger partial charge on any atom is -0.465 e. The summed E-state index contributed by atoms with van der Waals surface area (Å²) in [6.07, 6.45) is 0.809. The van der Waals surface area contributed by atoms with Gasteiger partial charge in [0.25, 0.3) is 0 Å². The van der Waals surface area contributed by atoms with Gasteiger partial charge in [0.05, 0.1) is 6.61 Å². The van der Waals surface area contributed by atoms with E-state index >= 15 is 0 Å². The highest BCUT2D eigenvalue weighted by atomic mass is 16.5. The molecule has 0 aliphatic heterocycles. The third kappa shape index (κ3) is 3.57. The van der Waals surface area contributed by atoms with Crippen LogP contribution in [0.15, 0.2) is 0 Å². The molecule has 0 rings (SSSR count). The molecule has 0 saturated carbocycles. The second-order valence-corrected chi connectivity index (χ2v) is 3.23. The Morgan fingerprint density at radius 1 is 1.31 bits per heavy atom. The zero-order valence-corrected chi connectivity index (χ0v) is 8.79. The van der Waals surface area contributed by atoms with Gasteiger partial charge in [0.15, 0.2) is 0 Å². The maximum absolute atomic E-state index is 11.3. The number of ether oxygens (including phenoxy) is 1. The summed E-state index contributed by atoms with van der Waals surface area (Å²) in [6.45, 7) is 7.36. The summed E-state index contributed by atoms with van der Waals surface area (Å²) in [7, 11) is 0. The molecular formula is C10H18O3. The van der Waals surface area contributed by atoms with Gasteiger partial charge in [0.2, 0.25) is 0 Å². The Balaban J connectivity index is 4.41. The van der Waals surface area contributed by atoms with Crippen LogP contribution in [0, 0.1) is 11.8 Å². The number of Topliss-reactive ketones (excluding diaryl/α,β-unsaturated/α-hetero) is 1. The van der Waals surface area contributed by atoms with Crippen LogP contribution in [0.3, 0.4) is 0 Å². The lowest BCUT2D eigenvalue weighted by molar-refractivity contribution is -0.153. The lowest BCUT2D eigenvalue weighted by atomic mass is 9.89. The lowest BCUT2D eigenvalue weighted by Crippen LogP contribution is -2.30. The molecule has 0 radical (unpaired) electrons. The van der Waals surface area contributed by atoms with Gasteiger partial charge in [0, 0.05) is 0 Å². The van der Waals surface area contributed by atoms with Crippen molar-refractivity contribution in [2.75, 3.05) is 6.61 Å². The molecule has 0 saturated heterocycles. The molecule has 2 atom stereocenters. The topological polar surface area (TPSA) is 43.4 Å². The molecule has 3 heteroatoms. The Hall–Kier alpha value is -0.860. The summed E-state index contributed by atoms with van der Waals surface area (Å²) in [4.78, 5) is 22.5. The molecule has 0 aromatic heterocycles. The summed E-state index contributed by atoms with van der Waals surface area (Å²) in [6, 6.07) is 0. The first kappa shape index (κ1) is 12.1. The average Bonchev–Trinajstić information content (AvgIpc) is 2.04.